The quantitative estimate of drug-likeness (QED) is 0.196. The van der Waals surface area contributed by atoms with Gasteiger partial charge in [0.2, 0.25) is 0 Å². The smallest absolute Gasteiger partial charge is 0.187 e. The van der Waals surface area contributed by atoms with E-state index in [1.807, 2.05) is 78.9 Å². The molecule has 0 amide bonds. The second-order valence-corrected chi connectivity index (χ2v) is 7.59. The Balaban J connectivity index is 1.38. The standard InChI is InChI=1S/C23H22BrN3O2S/c24-20-9-11-21(12-10-20)28-13-14-29-22-8-4-7-19(15-22)17-26-27-23(30)25-16-18-5-2-1-3-6-18/h1-12,15,17H,13-14,16H2,(H2,25,27,30)/b26-17-. The maximum Gasteiger partial charge on any atom is 0.187 e. The van der Waals surface area contributed by atoms with E-state index in [0.29, 0.717) is 24.9 Å². The van der Waals surface area contributed by atoms with Gasteiger partial charge in [0.15, 0.2) is 5.11 Å². The average molecular weight is 484 g/mol. The zero-order valence-electron chi connectivity index (χ0n) is 16.3. The van der Waals surface area contributed by atoms with Crippen molar-refractivity contribution < 1.29 is 9.47 Å². The summed E-state index contributed by atoms with van der Waals surface area (Å²) in [5, 5.41) is 7.75. The van der Waals surface area contributed by atoms with Crippen LogP contribution in [-0.4, -0.2) is 24.5 Å². The van der Waals surface area contributed by atoms with Gasteiger partial charge in [0.25, 0.3) is 0 Å². The van der Waals surface area contributed by atoms with E-state index in [2.05, 4.69) is 31.8 Å². The van der Waals surface area contributed by atoms with Gasteiger partial charge in [-0.25, -0.2) is 0 Å². The number of benzene rings is 3. The van der Waals surface area contributed by atoms with Crippen LogP contribution in [0, 0.1) is 0 Å². The Bertz CT molecular complexity index is 966. The summed E-state index contributed by atoms with van der Waals surface area (Å²) in [5.41, 5.74) is 4.88. The van der Waals surface area contributed by atoms with Crippen LogP contribution in [0.15, 0.2) is 88.4 Å². The van der Waals surface area contributed by atoms with Crippen molar-refractivity contribution >= 4 is 39.5 Å². The van der Waals surface area contributed by atoms with Gasteiger partial charge < -0.3 is 14.8 Å². The molecule has 0 aliphatic rings. The van der Waals surface area contributed by atoms with E-state index in [1.165, 1.54) is 0 Å². The lowest BCUT2D eigenvalue weighted by Gasteiger charge is -2.09. The van der Waals surface area contributed by atoms with Gasteiger partial charge in [-0.05, 0) is 59.7 Å². The highest BCUT2D eigenvalue weighted by molar-refractivity contribution is 9.10. The van der Waals surface area contributed by atoms with E-state index in [9.17, 15) is 0 Å². The van der Waals surface area contributed by atoms with Crippen LogP contribution in [0.3, 0.4) is 0 Å². The lowest BCUT2D eigenvalue weighted by atomic mass is 10.2. The van der Waals surface area contributed by atoms with Gasteiger partial charge in [-0.3, -0.25) is 5.43 Å². The fraction of sp³-hybridized carbons (Fsp3) is 0.130. The van der Waals surface area contributed by atoms with Gasteiger partial charge in [-0.1, -0.05) is 58.4 Å². The Labute approximate surface area is 190 Å². The first-order chi connectivity index (χ1) is 14.7. The number of thiocarbonyl (C=S) groups is 1. The molecule has 7 heteroatoms. The largest absolute Gasteiger partial charge is 0.490 e. The minimum absolute atomic E-state index is 0.447. The molecule has 0 aromatic heterocycles. The predicted molar refractivity (Wildman–Crippen MR) is 128 cm³/mol. The van der Waals surface area contributed by atoms with Crippen LogP contribution in [0.1, 0.15) is 11.1 Å². The molecule has 0 unspecified atom stereocenters. The third-order valence-corrected chi connectivity index (χ3v) is 4.73. The molecule has 0 bridgehead atoms. The first-order valence-electron chi connectivity index (χ1n) is 9.41. The summed E-state index contributed by atoms with van der Waals surface area (Å²) < 4.78 is 12.4. The molecule has 0 fully saturated rings. The predicted octanol–water partition coefficient (Wildman–Crippen LogP) is 4.91. The summed E-state index contributed by atoms with van der Waals surface area (Å²) in [4.78, 5) is 0. The van der Waals surface area contributed by atoms with E-state index >= 15 is 0 Å². The van der Waals surface area contributed by atoms with Crippen LogP contribution in [0.4, 0.5) is 0 Å². The molecule has 3 rings (SSSR count). The van der Waals surface area contributed by atoms with Crippen molar-refractivity contribution in [3.05, 3.63) is 94.5 Å². The van der Waals surface area contributed by atoms with Crippen molar-refractivity contribution in [1.82, 2.24) is 10.7 Å². The normalized spacial score (nSPS) is 10.6. The molecule has 0 radical (unpaired) electrons. The molecule has 3 aromatic carbocycles. The molecule has 2 N–H and O–H groups in total. The van der Waals surface area contributed by atoms with Crippen LogP contribution < -0.4 is 20.2 Å². The van der Waals surface area contributed by atoms with Gasteiger partial charge >= 0.3 is 0 Å². The van der Waals surface area contributed by atoms with Gasteiger partial charge in [-0.2, -0.15) is 5.10 Å². The Hall–Kier alpha value is -2.90. The van der Waals surface area contributed by atoms with E-state index in [1.54, 1.807) is 6.21 Å². The first kappa shape index (κ1) is 21.8. The Kier molecular flexibility index (Phi) is 8.68. The van der Waals surface area contributed by atoms with Gasteiger partial charge in [0, 0.05) is 11.0 Å². The fourth-order valence-corrected chi connectivity index (χ4v) is 2.91. The van der Waals surface area contributed by atoms with E-state index in [-0.39, 0.29) is 0 Å². The first-order valence-corrected chi connectivity index (χ1v) is 10.6. The number of hydrazone groups is 1. The number of hydrogen-bond acceptors (Lipinski definition) is 4. The number of ether oxygens (including phenoxy) is 2. The third kappa shape index (κ3) is 7.85. The number of nitrogens with zero attached hydrogens (tertiary/aromatic N) is 1. The van der Waals surface area contributed by atoms with Gasteiger partial charge in [0.1, 0.15) is 24.7 Å². The van der Waals surface area contributed by atoms with Gasteiger partial charge in [-0.15, -0.1) is 0 Å². The SMILES string of the molecule is S=C(NCc1ccccc1)N/N=C\c1cccc(OCCOc2ccc(Br)cc2)c1. The maximum absolute atomic E-state index is 5.75. The van der Waals surface area contributed by atoms with Crippen molar-refractivity contribution in [2.24, 2.45) is 5.10 Å². The molecule has 0 saturated heterocycles. The van der Waals surface area contributed by atoms with Crippen LogP contribution in [0.25, 0.3) is 0 Å². The zero-order chi connectivity index (χ0) is 21.0. The Morgan fingerprint density at radius 1 is 0.900 bits per heavy atom. The molecule has 0 atom stereocenters. The molecular weight excluding hydrogens is 462 g/mol. The van der Waals surface area contributed by atoms with E-state index < -0.39 is 0 Å². The molecular formula is C23H22BrN3O2S. The van der Waals surface area contributed by atoms with Crippen molar-refractivity contribution in [1.29, 1.82) is 0 Å². The van der Waals surface area contributed by atoms with Crippen LogP contribution in [0.5, 0.6) is 11.5 Å². The number of hydrogen-bond donors (Lipinski definition) is 2. The lowest BCUT2D eigenvalue weighted by Crippen LogP contribution is -2.31. The van der Waals surface area contributed by atoms with Crippen molar-refractivity contribution in [2.75, 3.05) is 13.2 Å². The molecule has 0 spiro atoms. The van der Waals surface area contributed by atoms with Gasteiger partial charge in [0.05, 0.1) is 6.21 Å². The highest BCUT2D eigenvalue weighted by atomic mass is 79.9. The van der Waals surface area contributed by atoms with Crippen molar-refractivity contribution in [2.45, 2.75) is 6.54 Å². The van der Waals surface area contributed by atoms with Crippen molar-refractivity contribution in [3.8, 4) is 11.5 Å². The minimum atomic E-state index is 0.447. The summed E-state index contributed by atoms with van der Waals surface area (Å²) in [5.74, 6) is 1.56. The van der Waals surface area contributed by atoms with Crippen LogP contribution in [-0.2, 0) is 6.54 Å². The highest BCUT2D eigenvalue weighted by Gasteiger charge is 1.98. The minimum Gasteiger partial charge on any atom is -0.490 e. The molecule has 3 aromatic rings. The summed E-state index contributed by atoms with van der Waals surface area (Å²) in [6.45, 7) is 1.55. The zero-order valence-corrected chi connectivity index (χ0v) is 18.7. The topological polar surface area (TPSA) is 54.9 Å². The molecule has 5 nitrogen and oxygen atoms in total. The maximum atomic E-state index is 5.75. The molecule has 0 saturated carbocycles. The van der Waals surface area contributed by atoms with Crippen LogP contribution in [0.2, 0.25) is 0 Å². The van der Waals surface area contributed by atoms with Crippen molar-refractivity contribution in [3.63, 3.8) is 0 Å². The summed E-state index contributed by atoms with van der Waals surface area (Å²) >= 11 is 8.64. The molecule has 0 aliphatic carbocycles. The lowest BCUT2D eigenvalue weighted by molar-refractivity contribution is 0.217. The summed E-state index contributed by atoms with van der Waals surface area (Å²) in [7, 11) is 0. The number of nitrogens with one attached hydrogen (secondary N) is 2. The molecule has 30 heavy (non-hydrogen) atoms. The molecule has 0 heterocycles. The third-order valence-electron chi connectivity index (χ3n) is 3.97. The van der Waals surface area contributed by atoms with E-state index in [0.717, 1.165) is 27.1 Å². The molecule has 154 valence electrons. The van der Waals surface area contributed by atoms with E-state index in [4.69, 9.17) is 21.7 Å². The summed E-state index contributed by atoms with van der Waals surface area (Å²) in [6, 6.07) is 25.4. The Morgan fingerprint density at radius 3 is 2.40 bits per heavy atom. The monoisotopic (exact) mass is 483 g/mol. The second kappa shape index (κ2) is 11.9. The summed E-state index contributed by atoms with van der Waals surface area (Å²) in [6.07, 6.45) is 1.70. The number of halogens is 1. The Morgan fingerprint density at radius 2 is 1.63 bits per heavy atom. The molecule has 0 aliphatic heterocycles. The number of rotatable bonds is 9. The average Bonchev–Trinajstić information content (AvgIpc) is 2.78. The second-order valence-electron chi connectivity index (χ2n) is 6.26. The fourth-order valence-electron chi connectivity index (χ4n) is 2.52. The highest BCUT2D eigenvalue weighted by Crippen LogP contribution is 2.16. The van der Waals surface area contributed by atoms with Crippen LogP contribution >= 0.6 is 28.1 Å².